The fourth-order valence-corrected chi connectivity index (χ4v) is 1.93. The summed E-state index contributed by atoms with van der Waals surface area (Å²) in [5.41, 5.74) is -0.776. The monoisotopic (exact) mass is 238 g/mol. The van der Waals surface area contributed by atoms with Gasteiger partial charge in [-0.3, -0.25) is 9.59 Å². The van der Waals surface area contributed by atoms with E-state index in [0.29, 0.717) is 6.54 Å². The molecular formula is C13H22N2O2. The van der Waals surface area contributed by atoms with Crippen molar-refractivity contribution < 1.29 is 9.59 Å². The SMILES string of the molecule is C/C=C/CN1C(=O)C(C(C)C)NC(=O)C1(C)C. The Morgan fingerprint density at radius 2 is 2.00 bits per heavy atom. The van der Waals surface area contributed by atoms with Crippen LogP contribution in [0.1, 0.15) is 34.6 Å². The molecular weight excluding hydrogens is 216 g/mol. The number of hydrogen-bond acceptors (Lipinski definition) is 2. The van der Waals surface area contributed by atoms with E-state index in [2.05, 4.69) is 5.32 Å². The van der Waals surface area contributed by atoms with Crippen molar-refractivity contribution in [1.82, 2.24) is 10.2 Å². The molecule has 0 aromatic rings. The Morgan fingerprint density at radius 1 is 1.41 bits per heavy atom. The standard InChI is InChI=1S/C13H22N2O2/c1-6-7-8-15-11(16)10(9(2)3)14-12(17)13(15,4)5/h6-7,9-10H,8H2,1-5H3,(H,14,17)/b7-6+. The second-order valence-corrected chi connectivity index (χ2v) is 5.27. The van der Waals surface area contributed by atoms with Crippen LogP contribution >= 0.6 is 0 Å². The van der Waals surface area contributed by atoms with Gasteiger partial charge in [-0.15, -0.1) is 0 Å². The number of piperazine rings is 1. The van der Waals surface area contributed by atoms with Crippen LogP contribution < -0.4 is 5.32 Å². The Labute approximate surface area is 103 Å². The van der Waals surface area contributed by atoms with Crippen molar-refractivity contribution in [3.05, 3.63) is 12.2 Å². The molecule has 0 aliphatic carbocycles. The highest BCUT2D eigenvalue weighted by molar-refractivity contribution is 5.99. The van der Waals surface area contributed by atoms with Crippen LogP contribution in [0.2, 0.25) is 0 Å². The van der Waals surface area contributed by atoms with Gasteiger partial charge < -0.3 is 10.2 Å². The molecule has 0 aromatic heterocycles. The maximum absolute atomic E-state index is 12.3. The van der Waals surface area contributed by atoms with Gasteiger partial charge in [-0.25, -0.2) is 0 Å². The largest absolute Gasteiger partial charge is 0.342 e. The van der Waals surface area contributed by atoms with Crippen LogP contribution in [0.25, 0.3) is 0 Å². The maximum atomic E-state index is 12.3. The van der Waals surface area contributed by atoms with Crippen molar-refractivity contribution >= 4 is 11.8 Å². The van der Waals surface area contributed by atoms with Gasteiger partial charge in [-0.05, 0) is 26.7 Å². The second kappa shape index (κ2) is 4.90. The third kappa shape index (κ3) is 2.51. The highest BCUT2D eigenvalue weighted by Gasteiger charge is 2.46. The highest BCUT2D eigenvalue weighted by atomic mass is 16.2. The predicted octanol–water partition coefficient (Wildman–Crippen LogP) is 1.32. The summed E-state index contributed by atoms with van der Waals surface area (Å²) in [5.74, 6) is 0.0265. The molecule has 1 aliphatic heterocycles. The van der Waals surface area contributed by atoms with Crippen molar-refractivity contribution in [1.29, 1.82) is 0 Å². The minimum Gasteiger partial charge on any atom is -0.342 e. The fourth-order valence-electron chi connectivity index (χ4n) is 1.93. The highest BCUT2D eigenvalue weighted by Crippen LogP contribution is 2.23. The molecule has 0 bridgehead atoms. The molecule has 1 heterocycles. The summed E-state index contributed by atoms with van der Waals surface area (Å²) in [6.45, 7) is 9.82. The molecule has 0 saturated carbocycles. The fraction of sp³-hybridized carbons (Fsp3) is 0.692. The summed E-state index contributed by atoms with van der Waals surface area (Å²) in [5, 5.41) is 2.81. The Morgan fingerprint density at radius 3 is 2.47 bits per heavy atom. The van der Waals surface area contributed by atoms with Gasteiger partial charge in [0.1, 0.15) is 11.6 Å². The Bertz CT molecular complexity index is 345. The molecule has 1 saturated heterocycles. The van der Waals surface area contributed by atoms with Gasteiger partial charge in [0.2, 0.25) is 11.8 Å². The molecule has 17 heavy (non-hydrogen) atoms. The molecule has 1 fully saturated rings. The topological polar surface area (TPSA) is 49.4 Å². The number of allylic oxidation sites excluding steroid dienone is 1. The first-order valence-corrected chi connectivity index (χ1v) is 6.06. The Kier molecular flexibility index (Phi) is 3.96. The first kappa shape index (κ1) is 13.7. The summed E-state index contributed by atoms with van der Waals surface area (Å²) < 4.78 is 0. The van der Waals surface area contributed by atoms with E-state index in [4.69, 9.17) is 0 Å². The first-order chi connectivity index (χ1) is 7.82. The lowest BCUT2D eigenvalue weighted by molar-refractivity contribution is -0.155. The van der Waals surface area contributed by atoms with Crippen LogP contribution in [-0.4, -0.2) is 34.8 Å². The third-order valence-electron chi connectivity index (χ3n) is 3.24. The van der Waals surface area contributed by atoms with Crippen LogP contribution in [0.3, 0.4) is 0 Å². The van der Waals surface area contributed by atoms with E-state index in [1.165, 1.54) is 0 Å². The van der Waals surface area contributed by atoms with E-state index in [9.17, 15) is 9.59 Å². The van der Waals surface area contributed by atoms with E-state index in [-0.39, 0.29) is 17.7 Å². The lowest BCUT2D eigenvalue weighted by Gasteiger charge is -2.44. The van der Waals surface area contributed by atoms with Crippen LogP contribution in [0.15, 0.2) is 12.2 Å². The zero-order valence-corrected chi connectivity index (χ0v) is 11.3. The number of nitrogens with zero attached hydrogens (tertiary/aromatic N) is 1. The maximum Gasteiger partial charge on any atom is 0.246 e. The zero-order chi connectivity index (χ0) is 13.2. The second-order valence-electron chi connectivity index (χ2n) is 5.27. The van der Waals surface area contributed by atoms with Gasteiger partial charge in [0.15, 0.2) is 0 Å². The van der Waals surface area contributed by atoms with Crippen molar-refractivity contribution in [2.24, 2.45) is 5.92 Å². The van der Waals surface area contributed by atoms with E-state index in [1.807, 2.05) is 32.9 Å². The summed E-state index contributed by atoms with van der Waals surface area (Å²) in [6, 6.07) is -0.402. The number of hydrogen-bond donors (Lipinski definition) is 1. The van der Waals surface area contributed by atoms with E-state index >= 15 is 0 Å². The minimum atomic E-state index is -0.776. The number of carbonyl (C=O) groups excluding carboxylic acids is 2. The van der Waals surface area contributed by atoms with Gasteiger partial charge in [0, 0.05) is 6.54 Å². The molecule has 2 amide bonds. The molecule has 4 heteroatoms. The predicted molar refractivity (Wildman–Crippen MR) is 67.4 cm³/mol. The molecule has 96 valence electrons. The van der Waals surface area contributed by atoms with Crippen molar-refractivity contribution in [3.63, 3.8) is 0 Å². The van der Waals surface area contributed by atoms with Gasteiger partial charge in [-0.2, -0.15) is 0 Å². The average molecular weight is 238 g/mol. The molecule has 4 nitrogen and oxygen atoms in total. The minimum absolute atomic E-state index is 0.00250. The summed E-state index contributed by atoms with van der Waals surface area (Å²) >= 11 is 0. The molecule has 1 N–H and O–H groups in total. The summed E-state index contributed by atoms with van der Waals surface area (Å²) in [7, 11) is 0. The van der Waals surface area contributed by atoms with Crippen LogP contribution in [0, 0.1) is 5.92 Å². The van der Waals surface area contributed by atoms with Crippen LogP contribution in [-0.2, 0) is 9.59 Å². The zero-order valence-electron chi connectivity index (χ0n) is 11.3. The number of rotatable bonds is 3. The van der Waals surface area contributed by atoms with E-state index in [0.717, 1.165) is 0 Å². The lowest BCUT2D eigenvalue weighted by atomic mass is 9.91. The summed E-state index contributed by atoms with van der Waals surface area (Å²) in [6.07, 6.45) is 3.79. The van der Waals surface area contributed by atoms with Crippen molar-refractivity contribution in [2.45, 2.75) is 46.2 Å². The lowest BCUT2D eigenvalue weighted by Crippen LogP contribution is -2.69. The van der Waals surface area contributed by atoms with Crippen LogP contribution in [0.4, 0.5) is 0 Å². The molecule has 0 radical (unpaired) electrons. The van der Waals surface area contributed by atoms with Crippen molar-refractivity contribution in [3.8, 4) is 0 Å². The number of amides is 2. The summed E-state index contributed by atoms with van der Waals surface area (Å²) in [4.78, 5) is 26.0. The van der Waals surface area contributed by atoms with Gasteiger partial charge in [-0.1, -0.05) is 26.0 Å². The molecule has 1 unspecified atom stereocenters. The average Bonchev–Trinajstić information content (AvgIpc) is 2.23. The molecule has 1 aliphatic rings. The smallest absolute Gasteiger partial charge is 0.246 e. The Hall–Kier alpha value is -1.32. The number of carbonyl (C=O) groups is 2. The van der Waals surface area contributed by atoms with Crippen LogP contribution in [0.5, 0.6) is 0 Å². The van der Waals surface area contributed by atoms with E-state index in [1.54, 1.807) is 18.7 Å². The molecule has 0 aromatic carbocycles. The van der Waals surface area contributed by atoms with Gasteiger partial charge in [0.05, 0.1) is 0 Å². The van der Waals surface area contributed by atoms with Gasteiger partial charge >= 0.3 is 0 Å². The quantitative estimate of drug-likeness (QED) is 0.754. The van der Waals surface area contributed by atoms with E-state index < -0.39 is 11.6 Å². The third-order valence-corrected chi connectivity index (χ3v) is 3.24. The first-order valence-electron chi connectivity index (χ1n) is 6.06. The van der Waals surface area contributed by atoms with Crippen molar-refractivity contribution in [2.75, 3.05) is 6.54 Å². The molecule has 1 rings (SSSR count). The van der Waals surface area contributed by atoms with Gasteiger partial charge in [0.25, 0.3) is 0 Å². The Balaban J connectivity index is 3.01. The normalized spacial score (nSPS) is 24.6. The number of nitrogens with one attached hydrogen (secondary N) is 1. The molecule has 0 spiro atoms. The molecule has 1 atom stereocenters.